The van der Waals surface area contributed by atoms with Crippen molar-refractivity contribution in [2.75, 3.05) is 33.3 Å². The van der Waals surface area contributed by atoms with E-state index in [-0.39, 0.29) is 0 Å². The van der Waals surface area contributed by atoms with Crippen LogP contribution in [0.15, 0.2) is 46.3 Å². The maximum Gasteiger partial charge on any atom is 0.124 e. The van der Waals surface area contributed by atoms with E-state index in [0.717, 1.165) is 39.7 Å². The first-order valence-electron chi connectivity index (χ1n) is 10.4. The maximum absolute atomic E-state index is 5.21. The van der Waals surface area contributed by atoms with Crippen LogP contribution in [0.25, 0.3) is 0 Å². The van der Waals surface area contributed by atoms with Crippen molar-refractivity contribution in [2.45, 2.75) is 48.1 Å². The second kappa shape index (κ2) is 9.72. The lowest BCUT2D eigenvalue weighted by Crippen LogP contribution is -2.46. The van der Waals surface area contributed by atoms with Crippen molar-refractivity contribution in [1.82, 2.24) is 20.4 Å². The van der Waals surface area contributed by atoms with E-state index in [0.29, 0.717) is 0 Å². The molecular weight excluding hydrogens is 368 g/mol. The third-order valence-electron chi connectivity index (χ3n) is 5.95. The molecule has 0 spiro atoms. The largest absolute Gasteiger partial charge is 0.497 e. The van der Waals surface area contributed by atoms with Crippen molar-refractivity contribution in [1.29, 1.82) is 0 Å². The van der Waals surface area contributed by atoms with Crippen LogP contribution in [0.5, 0.6) is 5.75 Å². The number of hydrogen-bond donors (Lipinski definition) is 1. The van der Waals surface area contributed by atoms with Gasteiger partial charge in [0, 0.05) is 10.9 Å². The van der Waals surface area contributed by atoms with E-state index in [9.17, 15) is 0 Å². The second-order valence-electron chi connectivity index (χ2n) is 7.81. The molecule has 0 radical (unpaired) electrons. The number of likely N-dealkylation sites (tertiary alicyclic amines) is 1. The molecule has 1 aromatic carbocycles. The first-order valence-corrected chi connectivity index (χ1v) is 11.2. The summed E-state index contributed by atoms with van der Waals surface area (Å²) < 4.78 is 5.21. The first kappa shape index (κ1) is 19.7. The molecule has 28 heavy (non-hydrogen) atoms. The second-order valence-corrected chi connectivity index (χ2v) is 8.90. The van der Waals surface area contributed by atoms with Crippen LogP contribution in [0.2, 0.25) is 0 Å². The summed E-state index contributed by atoms with van der Waals surface area (Å²) in [5, 5.41) is 13.3. The standard InChI is InChI=1S/C22H30N4OS/c1-27-20-3-5-21(6-4-20)28-22-7-2-18(24-25-22)16-17-10-14-26(15-11-17)19-8-12-23-13-9-19/h2-7,17,19,23H,8-16H2,1H3. The number of nitrogens with zero attached hydrogens (tertiary/aromatic N) is 3. The quantitative estimate of drug-likeness (QED) is 0.802. The Balaban J connectivity index is 1.25. The van der Waals surface area contributed by atoms with Crippen molar-refractivity contribution in [2.24, 2.45) is 5.92 Å². The monoisotopic (exact) mass is 398 g/mol. The summed E-state index contributed by atoms with van der Waals surface area (Å²) in [4.78, 5) is 3.87. The Labute approximate surface area is 172 Å². The Morgan fingerprint density at radius 3 is 2.39 bits per heavy atom. The fraction of sp³-hybridized carbons (Fsp3) is 0.545. The molecule has 2 aliphatic rings. The van der Waals surface area contributed by atoms with Crippen molar-refractivity contribution in [3.8, 4) is 5.75 Å². The molecule has 1 aromatic heterocycles. The van der Waals surface area contributed by atoms with Gasteiger partial charge in [-0.15, -0.1) is 5.10 Å². The Kier molecular flexibility index (Phi) is 6.83. The summed E-state index contributed by atoms with van der Waals surface area (Å²) in [6, 6.07) is 13.1. The smallest absolute Gasteiger partial charge is 0.124 e. The molecule has 6 heteroatoms. The zero-order valence-electron chi connectivity index (χ0n) is 16.6. The van der Waals surface area contributed by atoms with Gasteiger partial charge in [0.1, 0.15) is 10.8 Å². The Bertz CT molecular complexity index is 723. The van der Waals surface area contributed by atoms with Crippen LogP contribution in [0, 0.1) is 5.92 Å². The number of ether oxygens (including phenoxy) is 1. The van der Waals surface area contributed by atoms with Crippen LogP contribution in [0.3, 0.4) is 0 Å². The number of nitrogens with one attached hydrogen (secondary N) is 1. The normalized spacial score (nSPS) is 19.6. The van der Waals surface area contributed by atoms with E-state index in [2.05, 4.69) is 44.7 Å². The summed E-state index contributed by atoms with van der Waals surface area (Å²) in [5.74, 6) is 1.62. The SMILES string of the molecule is COc1ccc(Sc2ccc(CC3CCN(C4CCNCC4)CC3)nn2)cc1. The molecule has 2 aromatic rings. The van der Waals surface area contributed by atoms with Crippen LogP contribution in [0.1, 0.15) is 31.4 Å². The molecule has 1 N–H and O–H groups in total. The van der Waals surface area contributed by atoms with E-state index in [1.165, 1.54) is 51.9 Å². The molecular formula is C22H30N4OS. The zero-order chi connectivity index (χ0) is 19.2. The predicted molar refractivity (Wildman–Crippen MR) is 113 cm³/mol. The fourth-order valence-electron chi connectivity index (χ4n) is 4.27. The van der Waals surface area contributed by atoms with Crippen LogP contribution in [-0.4, -0.2) is 54.4 Å². The lowest BCUT2D eigenvalue weighted by atomic mass is 9.90. The Morgan fingerprint density at radius 1 is 1.00 bits per heavy atom. The average molecular weight is 399 g/mol. The highest BCUT2D eigenvalue weighted by atomic mass is 32.2. The number of piperidine rings is 2. The molecule has 0 atom stereocenters. The molecule has 4 rings (SSSR count). The Morgan fingerprint density at radius 2 is 1.75 bits per heavy atom. The molecule has 2 aliphatic heterocycles. The van der Waals surface area contributed by atoms with Crippen LogP contribution in [0.4, 0.5) is 0 Å². The average Bonchev–Trinajstić information content (AvgIpc) is 2.77. The number of benzene rings is 1. The molecule has 5 nitrogen and oxygen atoms in total. The van der Waals surface area contributed by atoms with Crippen LogP contribution in [-0.2, 0) is 6.42 Å². The van der Waals surface area contributed by atoms with E-state index < -0.39 is 0 Å². The van der Waals surface area contributed by atoms with Gasteiger partial charge in [-0.3, -0.25) is 0 Å². The first-order chi connectivity index (χ1) is 13.8. The van der Waals surface area contributed by atoms with Gasteiger partial charge in [-0.2, -0.15) is 5.10 Å². The van der Waals surface area contributed by atoms with E-state index >= 15 is 0 Å². The van der Waals surface area contributed by atoms with Gasteiger partial charge in [0.05, 0.1) is 12.8 Å². The number of aromatic nitrogens is 2. The highest BCUT2D eigenvalue weighted by Crippen LogP contribution is 2.28. The van der Waals surface area contributed by atoms with Gasteiger partial charge in [0.25, 0.3) is 0 Å². The molecule has 0 aliphatic carbocycles. The lowest BCUT2D eigenvalue weighted by Gasteiger charge is -2.39. The van der Waals surface area contributed by atoms with Crippen molar-refractivity contribution in [3.63, 3.8) is 0 Å². The summed E-state index contributed by atoms with van der Waals surface area (Å²) >= 11 is 1.64. The number of methoxy groups -OCH3 is 1. The van der Waals surface area contributed by atoms with E-state index in [1.54, 1.807) is 18.9 Å². The highest BCUT2D eigenvalue weighted by Gasteiger charge is 2.26. The van der Waals surface area contributed by atoms with Crippen LogP contribution >= 0.6 is 11.8 Å². The summed E-state index contributed by atoms with van der Waals surface area (Å²) in [7, 11) is 1.68. The van der Waals surface area contributed by atoms with Gasteiger partial charge in [0.2, 0.25) is 0 Å². The van der Waals surface area contributed by atoms with Gasteiger partial charge < -0.3 is 15.0 Å². The van der Waals surface area contributed by atoms with Gasteiger partial charge >= 0.3 is 0 Å². The minimum Gasteiger partial charge on any atom is -0.497 e. The molecule has 0 unspecified atom stereocenters. The minimum atomic E-state index is 0.743. The third kappa shape index (κ3) is 5.25. The summed E-state index contributed by atoms with van der Waals surface area (Å²) in [6.07, 6.45) is 6.25. The molecule has 150 valence electrons. The van der Waals surface area contributed by atoms with Gasteiger partial charge in [0.15, 0.2) is 0 Å². The number of hydrogen-bond acceptors (Lipinski definition) is 6. The summed E-state index contributed by atoms with van der Waals surface area (Å²) in [6.45, 7) is 4.85. The fourth-order valence-corrected chi connectivity index (χ4v) is 5.00. The predicted octanol–water partition coefficient (Wildman–Crippen LogP) is 3.64. The molecule has 0 bridgehead atoms. The molecule has 0 amide bonds. The van der Waals surface area contributed by atoms with Gasteiger partial charge in [-0.05, 0) is 101 Å². The zero-order valence-corrected chi connectivity index (χ0v) is 17.5. The lowest BCUT2D eigenvalue weighted by molar-refractivity contribution is 0.111. The van der Waals surface area contributed by atoms with Crippen molar-refractivity contribution in [3.05, 3.63) is 42.1 Å². The third-order valence-corrected chi connectivity index (χ3v) is 6.88. The molecule has 0 saturated carbocycles. The molecule has 2 fully saturated rings. The molecule has 3 heterocycles. The topological polar surface area (TPSA) is 50.3 Å². The van der Waals surface area contributed by atoms with Crippen molar-refractivity contribution >= 4 is 11.8 Å². The highest BCUT2D eigenvalue weighted by molar-refractivity contribution is 7.99. The van der Waals surface area contributed by atoms with Gasteiger partial charge in [-0.25, -0.2) is 0 Å². The summed E-state index contributed by atoms with van der Waals surface area (Å²) in [5.41, 5.74) is 1.12. The number of rotatable bonds is 6. The van der Waals surface area contributed by atoms with Crippen molar-refractivity contribution < 1.29 is 4.74 Å². The van der Waals surface area contributed by atoms with E-state index in [1.807, 2.05) is 12.1 Å². The van der Waals surface area contributed by atoms with Gasteiger partial charge in [-0.1, -0.05) is 11.8 Å². The van der Waals surface area contributed by atoms with Crippen LogP contribution < -0.4 is 10.1 Å². The maximum atomic E-state index is 5.21. The van der Waals surface area contributed by atoms with E-state index in [4.69, 9.17) is 4.74 Å². The molecule has 2 saturated heterocycles. The Hall–Kier alpha value is -1.63. The minimum absolute atomic E-state index is 0.743.